The second kappa shape index (κ2) is 8.64. The lowest BCUT2D eigenvalue weighted by atomic mass is 10.0. The number of nitrogens with zero attached hydrogens (tertiary/aromatic N) is 1. The molecule has 1 unspecified atom stereocenters. The molecule has 1 heterocycles. The van der Waals surface area contributed by atoms with Crippen molar-refractivity contribution < 1.29 is 13.2 Å². The fourth-order valence-corrected chi connectivity index (χ4v) is 3.69. The SMILES string of the molecule is CC(C)CC(N=C1NS(=O)(=O)c2ccccc21)C(=O)N[C@@H](C)CN.Cl. The molecular weight excluding hydrogens is 364 g/mol. The standard InChI is InChI=1S/C16H24N4O3S.ClH/c1-10(2)8-13(16(21)18-11(3)9-17)19-15-12-6-4-5-7-14(12)24(22,23)20-15;/h4-7,10-11,13H,8-9,17H2,1-3H3,(H,18,21)(H,19,20);1H/t11-,13?;/m0./s1. The van der Waals surface area contributed by atoms with Crippen molar-refractivity contribution in [2.75, 3.05) is 6.54 Å². The Morgan fingerprint density at radius 2 is 1.92 bits per heavy atom. The summed E-state index contributed by atoms with van der Waals surface area (Å²) < 4.78 is 26.7. The molecule has 1 aliphatic rings. The molecule has 0 fully saturated rings. The molecule has 25 heavy (non-hydrogen) atoms. The van der Waals surface area contributed by atoms with Gasteiger partial charge in [0.1, 0.15) is 11.9 Å². The lowest BCUT2D eigenvalue weighted by Crippen LogP contribution is -2.43. The highest BCUT2D eigenvalue weighted by Gasteiger charge is 2.32. The average Bonchev–Trinajstić information content (AvgIpc) is 2.77. The average molecular weight is 389 g/mol. The summed E-state index contributed by atoms with van der Waals surface area (Å²) in [5.41, 5.74) is 6.03. The van der Waals surface area contributed by atoms with Gasteiger partial charge in [-0.05, 0) is 31.4 Å². The Morgan fingerprint density at radius 1 is 1.28 bits per heavy atom. The highest BCUT2D eigenvalue weighted by molar-refractivity contribution is 7.90. The second-order valence-corrected chi connectivity index (χ2v) is 8.02. The van der Waals surface area contributed by atoms with E-state index in [2.05, 4.69) is 15.0 Å². The summed E-state index contributed by atoms with van der Waals surface area (Å²) in [4.78, 5) is 17.1. The van der Waals surface area contributed by atoms with Gasteiger partial charge in [0.2, 0.25) is 5.91 Å². The number of rotatable bonds is 6. The molecule has 4 N–H and O–H groups in total. The molecule has 0 bridgehead atoms. The van der Waals surface area contributed by atoms with Crippen molar-refractivity contribution in [3.8, 4) is 0 Å². The van der Waals surface area contributed by atoms with E-state index in [1.807, 2.05) is 20.8 Å². The lowest BCUT2D eigenvalue weighted by molar-refractivity contribution is -0.123. The monoisotopic (exact) mass is 388 g/mol. The number of carbonyl (C=O) groups excluding carboxylic acids is 1. The third-order valence-corrected chi connectivity index (χ3v) is 5.08. The van der Waals surface area contributed by atoms with Crippen LogP contribution in [0.15, 0.2) is 34.2 Å². The van der Waals surface area contributed by atoms with E-state index in [1.54, 1.807) is 18.2 Å². The van der Waals surface area contributed by atoms with Crippen molar-refractivity contribution in [3.63, 3.8) is 0 Å². The largest absolute Gasteiger partial charge is 0.351 e. The Morgan fingerprint density at radius 3 is 2.52 bits per heavy atom. The van der Waals surface area contributed by atoms with Gasteiger partial charge in [-0.15, -0.1) is 12.4 Å². The fourth-order valence-electron chi connectivity index (χ4n) is 2.45. The first kappa shape index (κ1) is 21.4. The minimum atomic E-state index is -3.61. The number of benzene rings is 1. The molecule has 9 heteroatoms. The third-order valence-electron chi connectivity index (χ3n) is 3.69. The van der Waals surface area contributed by atoms with E-state index in [-0.39, 0.29) is 41.0 Å². The van der Waals surface area contributed by atoms with Gasteiger partial charge in [0.05, 0.1) is 4.90 Å². The molecule has 7 nitrogen and oxygen atoms in total. The van der Waals surface area contributed by atoms with Gasteiger partial charge < -0.3 is 11.1 Å². The number of nitrogens with one attached hydrogen (secondary N) is 2. The van der Waals surface area contributed by atoms with Crippen molar-refractivity contribution in [3.05, 3.63) is 29.8 Å². The number of carbonyl (C=O) groups is 1. The van der Waals surface area contributed by atoms with Crippen molar-refractivity contribution in [2.45, 2.75) is 44.2 Å². The maximum atomic E-state index is 12.5. The van der Waals surface area contributed by atoms with Gasteiger partial charge in [-0.1, -0.05) is 26.0 Å². The van der Waals surface area contributed by atoms with E-state index in [9.17, 15) is 13.2 Å². The van der Waals surface area contributed by atoms with Crippen LogP contribution in [0.5, 0.6) is 0 Å². The summed E-state index contributed by atoms with van der Waals surface area (Å²) in [6.07, 6.45) is 0.510. The smallest absolute Gasteiger partial charge is 0.263 e. The normalized spacial score (nSPS) is 18.8. The summed E-state index contributed by atoms with van der Waals surface area (Å²) >= 11 is 0. The molecule has 2 atom stereocenters. The molecular formula is C16H25ClN4O3S. The van der Waals surface area contributed by atoms with Crippen molar-refractivity contribution in [1.82, 2.24) is 10.0 Å². The number of amidine groups is 1. The number of aliphatic imine (C=N–C) groups is 1. The van der Waals surface area contributed by atoms with Gasteiger partial charge in [0.15, 0.2) is 0 Å². The first-order chi connectivity index (χ1) is 11.2. The van der Waals surface area contributed by atoms with Gasteiger partial charge in [0, 0.05) is 18.2 Å². The number of hydrogen-bond donors (Lipinski definition) is 3. The number of halogens is 1. The van der Waals surface area contributed by atoms with E-state index in [4.69, 9.17) is 5.73 Å². The van der Waals surface area contributed by atoms with Crippen LogP contribution in [0.25, 0.3) is 0 Å². The zero-order valence-corrected chi connectivity index (χ0v) is 16.2. The first-order valence-corrected chi connectivity index (χ1v) is 9.43. The Balaban J connectivity index is 0.00000312. The highest BCUT2D eigenvalue weighted by Crippen LogP contribution is 2.23. The van der Waals surface area contributed by atoms with Crippen LogP contribution in [0.3, 0.4) is 0 Å². The van der Waals surface area contributed by atoms with Crippen molar-refractivity contribution in [1.29, 1.82) is 0 Å². The van der Waals surface area contributed by atoms with Crippen LogP contribution in [0.1, 0.15) is 32.8 Å². The van der Waals surface area contributed by atoms with Gasteiger partial charge >= 0.3 is 0 Å². The zero-order valence-electron chi connectivity index (χ0n) is 14.5. The minimum Gasteiger partial charge on any atom is -0.351 e. The van der Waals surface area contributed by atoms with E-state index in [0.29, 0.717) is 18.5 Å². The molecule has 0 aromatic heterocycles. The second-order valence-electron chi connectivity index (χ2n) is 6.37. The molecule has 140 valence electrons. The van der Waals surface area contributed by atoms with Gasteiger partial charge in [-0.2, -0.15) is 0 Å². The van der Waals surface area contributed by atoms with Gasteiger partial charge in [0.25, 0.3) is 10.0 Å². The molecule has 0 saturated carbocycles. The molecule has 1 aliphatic heterocycles. The quantitative estimate of drug-likeness (QED) is 0.675. The van der Waals surface area contributed by atoms with Crippen LogP contribution in [-0.4, -0.2) is 38.8 Å². The maximum Gasteiger partial charge on any atom is 0.263 e. The van der Waals surface area contributed by atoms with Crippen LogP contribution < -0.4 is 15.8 Å². The van der Waals surface area contributed by atoms with Crippen LogP contribution in [-0.2, 0) is 14.8 Å². The molecule has 1 aromatic rings. The highest BCUT2D eigenvalue weighted by atomic mass is 35.5. The number of nitrogens with two attached hydrogens (primary N) is 1. The number of hydrogen-bond acceptors (Lipinski definition) is 5. The number of sulfonamides is 1. The molecule has 1 aromatic carbocycles. The Kier molecular flexibility index (Phi) is 7.40. The first-order valence-electron chi connectivity index (χ1n) is 7.95. The molecule has 1 amide bonds. The van der Waals surface area contributed by atoms with Gasteiger partial charge in [-0.25, -0.2) is 8.42 Å². The topological polar surface area (TPSA) is 114 Å². The number of amides is 1. The van der Waals surface area contributed by atoms with E-state index < -0.39 is 16.1 Å². The van der Waals surface area contributed by atoms with E-state index in [1.165, 1.54) is 6.07 Å². The fraction of sp³-hybridized carbons (Fsp3) is 0.500. The molecule has 0 radical (unpaired) electrons. The van der Waals surface area contributed by atoms with Crippen molar-refractivity contribution >= 4 is 34.2 Å². The summed E-state index contributed by atoms with van der Waals surface area (Å²) in [6, 6.07) is 5.75. The molecule has 2 rings (SSSR count). The predicted molar refractivity (Wildman–Crippen MR) is 100 cm³/mol. The summed E-state index contributed by atoms with van der Waals surface area (Å²) in [5.74, 6) is 0.191. The number of fused-ring (bicyclic) bond motifs is 1. The lowest BCUT2D eigenvalue weighted by Gasteiger charge is -2.18. The van der Waals surface area contributed by atoms with Gasteiger partial charge in [-0.3, -0.25) is 14.5 Å². The summed E-state index contributed by atoms with van der Waals surface area (Å²) in [5, 5.41) is 2.81. The summed E-state index contributed by atoms with van der Waals surface area (Å²) in [7, 11) is -3.61. The van der Waals surface area contributed by atoms with E-state index >= 15 is 0 Å². The predicted octanol–water partition coefficient (Wildman–Crippen LogP) is 1.02. The molecule has 0 saturated heterocycles. The third kappa shape index (κ3) is 5.17. The maximum absolute atomic E-state index is 12.5. The van der Waals surface area contributed by atoms with Crippen LogP contribution in [0.2, 0.25) is 0 Å². The Bertz CT molecular complexity index is 750. The Hall–Kier alpha value is -1.64. The van der Waals surface area contributed by atoms with E-state index in [0.717, 1.165) is 0 Å². The molecule has 0 spiro atoms. The Labute approximate surface area is 154 Å². The minimum absolute atomic E-state index is 0. The summed E-state index contributed by atoms with van der Waals surface area (Å²) in [6.45, 7) is 6.11. The van der Waals surface area contributed by atoms with Crippen molar-refractivity contribution in [2.24, 2.45) is 16.6 Å². The molecule has 0 aliphatic carbocycles. The van der Waals surface area contributed by atoms with Crippen LogP contribution in [0.4, 0.5) is 0 Å². The zero-order chi connectivity index (χ0) is 17.9. The van der Waals surface area contributed by atoms with Crippen LogP contribution >= 0.6 is 12.4 Å². The van der Waals surface area contributed by atoms with Crippen LogP contribution in [0, 0.1) is 5.92 Å².